The molecule has 0 saturated carbocycles. The number of benzene rings is 1. The Morgan fingerprint density at radius 3 is 2.68 bits per heavy atom. The van der Waals surface area contributed by atoms with E-state index < -0.39 is 4.92 Å². The standard InChI is InChI=1S/C12H16N4O3/c1-9(17)14-11-8-10(2-3-12(11)16(18)19)15-6-4-13-5-7-15/h2-3,8,13H,4-7H2,1H3,(H,14,17). The molecule has 1 fully saturated rings. The molecule has 1 aliphatic heterocycles. The fourth-order valence-electron chi connectivity index (χ4n) is 2.09. The zero-order valence-corrected chi connectivity index (χ0v) is 10.7. The van der Waals surface area contributed by atoms with Gasteiger partial charge in [-0.25, -0.2) is 0 Å². The fourth-order valence-corrected chi connectivity index (χ4v) is 2.09. The Kier molecular flexibility index (Phi) is 3.96. The Balaban J connectivity index is 2.31. The highest BCUT2D eigenvalue weighted by atomic mass is 16.6. The second kappa shape index (κ2) is 5.66. The summed E-state index contributed by atoms with van der Waals surface area (Å²) in [5.41, 5.74) is 1.04. The summed E-state index contributed by atoms with van der Waals surface area (Å²) in [5.74, 6) is -0.319. The summed E-state index contributed by atoms with van der Waals surface area (Å²) in [4.78, 5) is 23.7. The summed E-state index contributed by atoms with van der Waals surface area (Å²) in [7, 11) is 0. The predicted molar refractivity (Wildman–Crippen MR) is 72.5 cm³/mol. The average molecular weight is 264 g/mol. The number of anilines is 2. The first-order valence-electron chi connectivity index (χ1n) is 6.09. The van der Waals surface area contributed by atoms with Gasteiger partial charge in [0.15, 0.2) is 0 Å². The second-order valence-electron chi connectivity index (χ2n) is 4.38. The molecule has 0 unspecified atom stereocenters. The lowest BCUT2D eigenvalue weighted by molar-refractivity contribution is -0.383. The minimum Gasteiger partial charge on any atom is -0.369 e. The molecule has 1 aromatic carbocycles. The average Bonchev–Trinajstić information content (AvgIpc) is 2.38. The first-order valence-corrected chi connectivity index (χ1v) is 6.09. The van der Waals surface area contributed by atoms with Crippen LogP contribution in [-0.4, -0.2) is 37.0 Å². The van der Waals surface area contributed by atoms with Crippen LogP contribution in [0.5, 0.6) is 0 Å². The van der Waals surface area contributed by atoms with E-state index in [9.17, 15) is 14.9 Å². The highest BCUT2D eigenvalue weighted by molar-refractivity contribution is 5.92. The van der Waals surface area contributed by atoms with Crippen molar-refractivity contribution >= 4 is 23.0 Å². The number of piperazine rings is 1. The lowest BCUT2D eigenvalue weighted by Gasteiger charge is -2.29. The Morgan fingerprint density at radius 1 is 1.42 bits per heavy atom. The topological polar surface area (TPSA) is 87.5 Å². The van der Waals surface area contributed by atoms with Crippen LogP contribution in [0.25, 0.3) is 0 Å². The Hall–Kier alpha value is -2.15. The number of amides is 1. The number of rotatable bonds is 3. The number of nitro benzene ring substituents is 1. The van der Waals surface area contributed by atoms with Gasteiger partial charge in [-0.2, -0.15) is 0 Å². The molecule has 1 aliphatic rings. The number of nitro groups is 1. The van der Waals surface area contributed by atoms with E-state index in [0.717, 1.165) is 31.9 Å². The van der Waals surface area contributed by atoms with E-state index >= 15 is 0 Å². The molecule has 2 rings (SSSR count). The van der Waals surface area contributed by atoms with Gasteiger partial charge in [0.1, 0.15) is 5.69 Å². The maximum Gasteiger partial charge on any atom is 0.292 e. The van der Waals surface area contributed by atoms with Gasteiger partial charge >= 0.3 is 0 Å². The van der Waals surface area contributed by atoms with Gasteiger partial charge in [0.2, 0.25) is 5.91 Å². The quantitative estimate of drug-likeness (QED) is 0.627. The van der Waals surface area contributed by atoms with Gasteiger partial charge in [0, 0.05) is 44.9 Å². The Morgan fingerprint density at radius 2 is 2.11 bits per heavy atom. The number of carbonyl (C=O) groups is 1. The second-order valence-corrected chi connectivity index (χ2v) is 4.38. The van der Waals surface area contributed by atoms with E-state index in [4.69, 9.17) is 0 Å². The predicted octanol–water partition coefficient (Wildman–Crippen LogP) is 0.963. The third-order valence-corrected chi connectivity index (χ3v) is 2.97. The van der Waals surface area contributed by atoms with Crippen molar-refractivity contribution in [2.45, 2.75) is 6.92 Å². The van der Waals surface area contributed by atoms with Crippen LogP contribution in [0.3, 0.4) is 0 Å². The molecule has 0 aromatic heterocycles. The molecule has 7 nitrogen and oxygen atoms in total. The van der Waals surface area contributed by atoms with Crippen molar-refractivity contribution in [1.29, 1.82) is 0 Å². The van der Waals surface area contributed by atoms with Crippen molar-refractivity contribution in [2.75, 3.05) is 36.4 Å². The molecule has 1 aromatic rings. The molecule has 0 radical (unpaired) electrons. The third kappa shape index (κ3) is 3.19. The summed E-state index contributed by atoms with van der Waals surface area (Å²) in [6.07, 6.45) is 0. The van der Waals surface area contributed by atoms with Crippen LogP contribution < -0.4 is 15.5 Å². The van der Waals surface area contributed by atoms with Crippen molar-refractivity contribution in [1.82, 2.24) is 5.32 Å². The molecule has 1 heterocycles. The van der Waals surface area contributed by atoms with Gasteiger partial charge < -0.3 is 15.5 Å². The molecular weight excluding hydrogens is 248 g/mol. The summed E-state index contributed by atoms with van der Waals surface area (Å²) in [6, 6.07) is 4.81. The van der Waals surface area contributed by atoms with Crippen LogP contribution in [0, 0.1) is 10.1 Å². The molecular formula is C12H16N4O3. The summed E-state index contributed by atoms with van der Waals surface area (Å²) < 4.78 is 0. The van der Waals surface area contributed by atoms with E-state index in [1.54, 1.807) is 12.1 Å². The summed E-state index contributed by atoms with van der Waals surface area (Å²) >= 11 is 0. The molecule has 0 atom stereocenters. The van der Waals surface area contributed by atoms with Crippen molar-refractivity contribution in [3.8, 4) is 0 Å². The zero-order chi connectivity index (χ0) is 13.8. The molecule has 0 aliphatic carbocycles. The fraction of sp³-hybridized carbons (Fsp3) is 0.417. The van der Waals surface area contributed by atoms with E-state index in [2.05, 4.69) is 15.5 Å². The SMILES string of the molecule is CC(=O)Nc1cc(N2CCNCC2)ccc1[N+](=O)[O-]. The zero-order valence-electron chi connectivity index (χ0n) is 10.7. The van der Waals surface area contributed by atoms with Gasteiger partial charge in [-0.15, -0.1) is 0 Å². The van der Waals surface area contributed by atoms with Gasteiger partial charge in [-0.3, -0.25) is 14.9 Å². The van der Waals surface area contributed by atoms with Gasteiger partial charge in [0.05, 0.1) is 4.92 Å². The highest BCUT2D eigenvalue weighted by Gasteiger charge is 2.18. The largest absolute Gasteiger partial charge is 0.369 e. The van der Waals surface area contributed by atoms with Crippen molar-refractivity contribution in [3.63, 3.8) is 0 Å². The Bertz CT molecular complexity index is 498. The summed E-state index contributed by atoms with van der Waals surface area (Å²) in [6.45, 7) is 4.79. The monoisotopic (exact) mass is 264 g/mol. The summed E-state index contributed by atoms with van der Waals surface area (Å²) in [5, 5.41) is 16.7. The van der Waals surface area contributed by atoms with Crippen LogP contribution in [0.15, 0.2) is 18.2 Å². The number of hydrogen-bond donors (Lipinski definition) is 2. The van der Waals surface area contributed by atoms with Crippen LogP contribution in [0.1, 0.15) is 6.92 Å². The number of hydrogen-bond acceptors (Lipinski definition) is 5. The van der Waals surface area contributed by atoms with Crippen LogP contribution in [-0.2, 0) is 4.79 Å². The minimum absolute atomic E-state index is 0.0888. The van der Waals surface area contributed by atoms with E-state index in [1.807, 2.05) is 0 Å². The molecule has 19 heavy (non-hydrogen) atoms. The maximum absolute atomic E-state index is 11.1. The molecule has 2 N–H and O–H groups in total. The highest BCUT2D eigenvalue weighted by Crippen LogP contribution is 2.29. The lowest BCUT2D eigenvalue weighted by Crippen LogP contribution is -2.43. The van der Waals surface area contributed by atoms with Gasteiger partial charge in [0.25, 0.3) is 5.69 Å². The van der Waals surface area contributed by atoms with E-state index in [1.165, 1.54) is 13.0 Å². The lowest BCUT2D eigenvalue weighted by atomic mass is 10.2. The molecule has 7 heteroatoms. The smallest absolute Gasteiger partial charge is 0.292 e. The van der Waals surface area contributed by atoms with Crippen molar-refractivity contribution < 1.29 is 9.72 Å². The van der Waals surface area contributed by atoms with E-state index in [0.29, 0.717) is 0 Å². The molecule has 1 amide bonds. The maximum atomic E-state index is 11.1. The van der Waals surface area contributed by atoms with Gasteiger partial charge in [-0.05, 0) is 12.1 Å². The molecule has 0 spiro atoms. The van der Waals surface area contributed by atoms with Crippen molar-refractivity contribution in [2.24, 2.45) is 0 Å². The normalized spacial score (nSPS) is 15.1. The number of nitrogens with one attached hydrogen (secondary N) is 2. The first kappa shape index (κ1) is 13.3. The molecule has 102 valence electrons. The van der Waals surface area contributed by atoms with Gasteiger partial charge in [-0.1, -0.05) is 0 Å². The Labute approximate surface area is 110 Å². The first-order chi connectivity index (χ1) is 9.08. The number of carbonyl (C=O) groups excluding carboxylic acids is 1. The minimum atomic E-state index is -0.493. The van der Waals surface area contributed by atoms with Crippen molar-refractivity contribution in [3.05, 3.63) is 28.3 Å². The molecule has 1 saturated heterocycles. The van der Waals surface area contributed by atoms with E-state index in [-0.39, 0.29) is 17.3 Å². The van der Waals surface area contributed by atoms with Crippen LogP contribution >= 0.6 is 0 Å². The third-order valence-electron chi connectivity index (χ3n) is 2.97. The molecule has 0 bridgehead atoms. The van der Waals surface area contributed by atoms with Crippen LogP contribution in [0.4, 0.5) is 17.1 Å². The van der Waals surface area contributed by atoms with Crippen LogP contribution in [0.2, 0.25) is 0 Å². The number of nitrogens with zero attached hydrogens (tertiary/aromatic N) is 2.